The second-order valence-electron chi connectivity index (χ2n) is 6.35. The van der Waals surface area contributed by atoms with Crippen LogP contribution in [0, 0.1) is 11.6 Å². The summed E-state index contributed by atoms with van der Waals surface area (Å²) in [6.07, 6.45) is 6.38. The fraction of sp³-hybridized carbons (Fsp3) is 0.0952. The van der Waals surface area contributed by atoms with E-state index >= 15 is 0 Å². The Balaban J connectivity index is 1.42. The lowest BCUT2D eigenvalue weighted by atomic mass is 10.1. The summed E-state index contributed by atoms with van der Waals surface area (Å²) in [6, 6.07) is 10.2. The van der Waals surface area contributed by atoms with Crippen molar-refractivity contribution in [3.05, 3.63) is 90.1 Å². The van der Waals surface area contributed by atoms with Crippen molar-refractivity contribution in [2.24, 2.45) is 0 Å². The van der Waals surface area contributed by atoms with E-state index in [9.17, 15) is 13.6 Å². The SMILES string of the molecule is O=C(NCCc1ccn(-c2ccc(F)cn2)n1)c1cc(F)ccc1-c1ncccn1. The van der Waals surface area contributed by atoms with E-state index in [-0.39, 0.29) is 12.1 Å². The van der Waals surface area contributed by atoms with Gasteiger partial charge < -0.3 is 5.32 Å². The van der Waals surface area contributed by atoms with E-state index in [1.807, 2.05) is 0 Å². The summed E-state index contributed by atoms with van der Waals surface area (Å²) in [6.45, 7) is 0.290. The molecule has 3 heterocycles. The van der Waals surface area contributed by atoms with Crippen LogP contribution in [0.1, 0.15) is 16.1 Å². The topological polar surface area (TPSA) is 85.6 Å². The van der Waals surface area contributed by atoms with Crippen LogP contribution in [0.5, 0.6) is 0 Å². The van der Waals surface area contributed by atoms with Gasteiger partial charge in [0.1, 0.15) is 11.6 Å². The average molecular weight is 406 g/mol. The van der Waals surface area contributed by atoms with Crippen molar-refractivity contribution in [1.82, 2.24) is 30.0 Å². The normalized spacial score (nSPS) is 10.7. The zero-order valence-corrected chi connectivity index (χ0v) is 15.7. The summed E-state index contributed by atoms with van der Waals surface area (Å²) in [4.78, 5) is 24.9. The lowest BCUT2D eigenvalue weighted by Crippen LogP contribution is -2.26. The van der Waals surface area contributed by atoms with Crippen LogP contribution in [0.3, 0.4) is 0 Å². The molecule has 0 aliphatic heterocycles. The first-order chi connectivity index (χ1) is 14.6. The standard InChI is InChI=1S/C21H16F2N6O/c22-14-2-4-17(20-24-8-1-9-25-20)18(12-14)21(30)26-10-6-16-7-11-29(28-16)19-5-3-15(23)13-27-19/h1-5,7-9,11-13H,6,10H2,(H,26,30). The Morgan fingerprint density at radius 1 is 1.00 bits per heavy atom. The van der Waals surface area contributed by atoms with Gasteiger partial charge in [0.2, 0.25) is 0 Å². The fourth-order valence-corrected chi connectivity index (χ4v) is 2.86. The number of nitrogens with zero attached hydrogens (tertiary/aromatic N) is 5. The van der Waals surface area contributed by atoms with Crippen LogP contribution in [-0.2, 0) is 6.42 Å². The first-order valence-electron chi connectivity index (χ1n) is 9.12. The van der Waals surface area contributed by atoms with Gasteiger partial charge in [-0.05, 0) is 42.5 Å². The highest BCUT2D eigenvalue weighted by atomic mass is 19.1. The van der Waals surface area contributed by atoms with Crippen molar-refractivity contribution in [3.63, 3.8) is 0 Å². The van der Waals surface area contributed by atoms with Crippen molar-refractivity contribution in [2.75, 3.05) is 6.54 Å². The van der Waals surface area contributed by atoms with E-state index in [0.29, 0.717) is 29.3 Å². The molecule has 0 unspecified atom stereocenters. The first kappa shape index (κ1) is 19.3. The Hall–Kier alpha value is -4.01. The summed E-state index contributed by atoms with van der Waals surface area (Å²) in [5.74, 6) is -0.555. The molecule has 7 nitrogen and oxygen atoms in total. The molecule has 9 heteroatoms. The number of halogens is 2. The minimum atomic E-state index is -0.523. The maximum absolute atomic E-state index is 13.7. The van der Waals surface area contributed by atoms with Crippen LogP contribution in [0.15, 0.2) is 67.3 Å². The number of pyridine rings is 1. The molecule has 1 N–H and O–H groups in total. The number of aromatic nitrogens is 5. The van der Waals surface area contributed by atoms with Crippen molar-refractivity contribution in [2.45, 2.75) is 6.42 Å². The third-order valence-electron chi connectivity index (χ3n) is 4.29. The molecule has 0 radical (unpaired) electrons. The van der Waals surface area contributed by atoms with E-state index in [0.717, 1.165) is 12.3 Å². The van der Waals surface area contributed by atoms with E-state index in [2.05, 4.69) is 25.4 Å². The highest BCUT2D eigenvalue weighted by Gasteiger charge is 2.15. The smallest absolute Gasteiger partial charge is 0.252 e. The number of rotatable bonds is 6. The van der Waals surface area contributed by atoms with Gasteiger partial charge in [-0.1, -0.05) is 0 Å². The minimum absolute atomic E-state index is 0.155. The molecule has 4 rings (SSSR count). The van der Waals surface area contributed by atoms with E-state index in [1.54, 1.807) is 30.7 Å². The third-order valence-corrected chi connectivity index (χ3v) is 4.29. The number of amides is 1. The van der Waals surface area contributed by atoms with Crippen LogP contribution in [-0.4, -0.2) is 37.2 Å². The Morgan fingerprint density at radius 3 is 2.57 bits per heavy atom. The molecule has 0 fully saturated rings. The fourth-order valence-electron chi connectivity index (χ4n) is 2.86. The molecule has 1 amide bonds. The quantitative estimate of drug-likeness (QED) is 0.532. The molecule has 0 saturated carbocycles. The Morgan fingerprint density at radius 2 is 1.80 bits per heavy atom. The maximum Gasteiger partial charge on any atom is 0.252 e. The first-order valence-corrected chi connectivity index (χ1v) is 9.12. The molecule has 3 aromatic heterocycles. The molecule has 0 atom stereocenters. The van der Waals surface area contributed by atoms with Gasteiger partial charge in [-0.2, -0.15) is 5.10 Å². The van der Waals surface area contributed by atoms with Gasteiger partial charge in [0.25, 0.3) is 5.91 Å². The molecular formula is C21H16F2N6O. The minimum Gasteiger partial charge on any atom is -0.352 e. The molecular weight excluding hydrogens is 390 g/mol. The van der Waals surface area contributed by atoms with Crippen molar-refractivity contribution in [3.8, 4) is 17.2 Å². The number of nitrogens with one attached hydrogen (secondary N) is 1. The molecule has 4 aromatic rings. The molecule has 0 bridgehead atoms. The summed E-state index contributed by atoms with van der Waals surface area (Å²) in [5.41, 5.74) is 1.32. The zero-order chi connectivity index (χ0) is 20.9. The van der Waals surface area contributed by atoms with Gasteiger partial charge in [-0.25, -0.2) is 28.4 Å². The molecule has 30 heavy (non-hydrogen) atoms. The van der Waals surface area contributed by atoms with E-state index < -0.39 is 17.5 Å². The van der Waals surface area contributed by atoms with Crippen LogP contribution in [0.2, 0.25) is 0 Å². The van der Waals surface area contributed by atoms with E-state index in [1.165, 1.54) is 28.9 Å². The second-order valence-corrected chi connectivity index (χ2v) is 6.35. The maximum atomic E-state index is 13.7. The zero-order valence-electron chi connectivity index (χ0n) is 15.7. The van der Waals surface area contributed by atoms with Crippen LogP contribution < -0.4 is 5.32 Å². The predicted octanol–water partition coefficient (Wildman–Crippen LogP) is 2.98. The molecule has 150 valence electrons. The van der Waals surface area contributed by atoms with Gasteiger partial charge in [-0.3, -0.25) is 4.79 Å². The average Bonchev–Trinajstić information content (AvgIpc) is 3.23. The van der Waals surface area contributed by atoms with Gasteiger partial charge in [0.15, 0.2) is 11.6 Å². The summed E-state index contributed by atoms with van der Waals surface area (Å²) in [5, 5.41) is 7.13. The lowest BCUT2D eigenvalue weighted by Gasteiger charge is -2.09. The second kappa shape index (κ2) is 8.56. The molecule has 0 saturated heterocycles. The van der Waals surface area contributed by atoms with Crippen molar-refractivity contribution >= 4 is 5.91 Å². The third kappa shape index (κ3) is 4.35. The highest BCUT2D eigenvalue weighted by Crippen LogP contribution is 2.21. The lowest BCUT2D eigenvalue weighted by molar-refractivity contribution is 0.0954. The van der Waals surface area contributed by atoms with Gasteiger partial charge in [0, 0.05) is 37.1 Å². The number of hydrogen-bond donors (Lipinski definition) is 1. The largest absolute Gasteiger partial charge is 0.352 e. The highest BCUT2D eigenvalue weighted by molar-refractivity contribution is 6.00. The number of hydrogen-bond acceptors (Lipinski definition) is 5. The van der Waals surface area contributed by atoms with Gasteiger partial charge in [-0.15, -0.1) is 0 Å². The Kier molecular flexibility index (Phi) is 5.51. The number of benzene rings is 1. The van der Waals surface area contributed by atoms with Crippen molar-refractivity contribution < 1.29 is 13.6 Å². The van der Waals surface area contributed by atoms with E-state index in [4.69, 9.17) is 0 Å². The van der Waals surface area contributed by atoms with Gasteiger partial charge >= 0.3 is 0 Å². The van der Waals surface area contributed by atoms with Crippen LogP contribution in [0.25, 0.3) is 17.2 Å². The van der Waals surface area contributed by atoms with Crippen LogP contribution >= 0.6 is 0 Å². The number of carbonyl (C=O) groups is 1. The summed E-state index contributed by atoms with van der Waals surface area (Å²) in [7, 11) is 0. The monoisotopic (exact) mass is 406 g/mol. The molecule has 0 spiro atoms. The molecule has 0 aliphatic carbocycles. The van der Waals surface area contributed by atoms with Crippen LogP contribution in [0.4, 0.5) is 8.78 Å². The molecule has 1 aromatic carbocycles. The summed E-state index contributed by atoms with van der Waals surface area (Å²) >= 11 is 0. The van der Waals surface area contributed by atoms with Gasteiger partial charge in [0.05, 0.1) is 17.5 Å². The number of carbonyl (C=O) groups excluding carboxylic acids is 1. The summed E-state index contributed by atoms with van der Waals surface area (Å²) < 4.78 is 28.2. The predicted molar refractivity (Wildman–Crippen MR) is 105 cm³/mol. The Bertz CT molecular complexity index is 1160. The molecule has 0 aliphatic rings. The Labute approximate surface area is 170 Å². The van der Waals surface area contributed by atoms with Crippen molar-refractivity contribution in [1.29, 1.82) is 0 Å².